The van der Waals surface area contributed by atoms with Crippen LogP contribution in [-0.2, 0) is 11.3 Å². The van der Waals surface area contributed by atoms with E-state index in [1.54, 1.807) is 9.47 Å². The topological polar surface area (TPSA) is 72.5 Å². The van der Waals surface area contributed by atoms with Crippen LogP contribution in [0.5, 0.6) is 0 Å². The predicted octanol–water partition coefficient (Wildman–Crippen LogP) is 4.79. The quantitative estimate of drug-likeness (QED) is 0.316. The number of nitrogens with zero attached hydrogens (tertiary/aromatic N) is 5. The zero-order valence-electron chi connectivity index (χ0n) is 20.7. The Balaban J connectivity index is 1.57. The van der Waals surface area contributed by atoms with E-state index in [1.807, 2.05) is 105 Å². The molecule has 0 aliphatic rings. The van der Waals surface area contributed by atoms with Gasteiger partial charge in [0.05, 0.1) is 21.8 Å². The van der Waals surface area contributed by atoms with Crippen LogP contribution in [0.2, 0.25) is 0 Å². The summed E-state index contributed by atoms with van der Waals surface area (Å²) in [6.45, 7) is 6.41. The van der Waals surface area contributed by atoms with Crippen molar-refractivity contribution in [1.82, 2.24) is 24.1 Å². The van der Waals surface area contributed by atoms with Gasteiger partial charge in [-0.05, 0) is 50.1 Å². The van der Waals surface area contributed by atoms with Gasteiger partial charge >= 0.3 is 0 Å². The maximum absolute atomic E-state index is 13.6. The third kappa shape index (κ3) is 4.28. The zero-order valence-corrected chi connectivity index (χ0v) is 21.5. The highest BCUT2D eigenvalue weighted by molar-refractivity contribution is 8.00. The van der Waals surface area contributed by atoms with Gasteiger partial charge in [0.2, 0.25) is 11.7 Å². The fourth-order valence-electron chi connectivity index (χ4n) is 4.48. The molecule has 0 aliphatic carbocycles. The van der Waals surface area contributed by atoms with Crippen molar-refractivity contribution in [3.8, 4) is 5.69 Å². The molecule has 0 saturated carbocycles. The monoisotopic (exact) mass is 497 g/mol. The van der Waals surface area contributed by atoms with Crippen molar-refractivity contribution in [3.05, 3.63) is 99.8 Å². The number of para-hydroxylation sites is 1. The summed E-state index contributed by atoms with van der Waals surface area (Å²) in [5, 5.41) is 9.58. The lowest BCUT2D eigenvalue weighted by Gasteiger charge is -2.21. The van der Waals surface area contributed by atoms with E-state index in [0.29, 0.717) is 28.4 Å². The molecule has 8 heteroatoms. The SMILES string of the molecule is Cc1ccc(-n2c(=O)c3ccccc3n3c(SC(C)C(=O)N(C)Cc4ccccc4)nnc23)c(C)c1. The number of rotatable bonds is 6. The van der Waals surface area contributed by atoms with Crippen LogP contribution in [-0.4, -0.2) is 42.3 Å². The molecular formula is C28H27N5O2S. The van der Waals surface area contributed by atoms with Crippen molar-refractivity contribution in [1.29, 1.82) is 0 Å². The van der Waals surface area contributed by atoms with Crippen molar-refractivity contribution in [3.63, 3.8) is 0 Å². The minimum atomic E-state index is -0.397. The van der Waals surface area contributed by atoms with Crippen LogP contribution in [0, 0.1) is 13.8 Å². The number of fused-ring (bicyclic) bond motifs is 3. The van der Waals surface area contributed by atoms with Crippen molar-refractivity contribution in [2.45, 2.75) is 37.7 Å². The molecule has 2 heterocycles. The number of thioether (sulfide) groups is 1. The summed E-state index contributed by atoms with van der Waals surface area (Å²) in [4.78, 5) is 28.5. The van der Waals surface area contributed by atoms with E-state index in [2.05, 4.69) is 10.2 Å². The van der Waals surface area contributed by atoms with Gasteiger partial charge in [-0.2, -0.15) is 0 Å². The van der Waals surface area contributed by atoms with Crippen molar-refractivity contribution in [2.75, 3.05) is 7.05 Å². The van der Waals surface area contributed by atoms with Gasteiger partial charge < -0.3 is 4.90 Å². The molecule has 7 nitrogen and oxygen atoms in total. The summed E-state index contributed by atoms with van der Waals surface area (Å²) >= 11 is 1.34. The molecule has 5 rings (SSSR count). The van der Waals surface area contributed by atoms with Gasteiger partial charge in [-0.15, -0.1) is 10.2 Å². The number of aryl methyl sites for hydroxylation is 2. The highest BCUT2D eigenvalue weighted by Crippen LogP contribution is 2.28. The second-order valence-electron chi connectivity index (χ2n) is 9.01. The van der Waals surface area contributed by atoms with Gasteiger partial charge in [0.1, 0.15) is 0 Å². The Hall–Kier alpha value is -3.91. The largest absolute Gasteiger partial charge is 0.340 e. The number of benzene rings is 3. The van der Waals surface area contributed by atoms with E-state index in [0.717, 1.165) is 22.4 Å². The molecule has 0 radical (unpaired) electrons. The van der Waals surface area contributed by atoms with Gasteiger partial charge in [0, 0.05) is 13.6 Å². The average molecular weight is 498 g/mol. The number of aromatic nitrogens is 4. The second-order valence-corrected chi connectivity index (χ2v) is 10.3. The minimum absolute atomic E-state index is 0.00684. The van der Waals surface area contributed by atoms with Crippen molar-refractivity contribution in [2.24, 2.45) is 0 Å². The maximum atomic E-state index is 13.6. The molecule has 2 aromatic heterocycles. The highest BCUT2D eigenvalue weighted by Gasteiger charge is 2.24. The molecule has 182 valence electrons. The molecule has 0 bridgehead atoms. The van der Waals surface area contributed by atoms with Gasteiger partial charge in [0.25, 0.3) is 5.56 Å². The van der Waals surface area contributed by atoms with Crippen LogP contribution >= 0.6 is 11.8 Å². The van der Waals surface area contributed by atoms with Crippen molar-refractivity contribution < 1.29 is 4.79 Å². The molecule has 1 amide bonds. The van der Waals surface area contributed by atoms with Crippen LogP contribution in [0.4, 0.5) is 0 Å². The molecule has 0 N–H and O–H groups in total. The molecule has 36 heavy (non-hydrogen) atoms. The molecule has 1 atom stereocenters. The molecule has 0 fully saturated rings. The lowest BCUT2D eigenvalue weighted by molar-refractivity contribution is -0.129. The smallest absolute Gasteiger partial charge is 0.267 e. The number of carbonyl (C=O) groups excluding carboxylic acids is 1. The van der Waals surface area contributed by atoms with Crippen LogP contribution < -0.4 is 5.56 Å². The Morgan fingerprint density at radius 2 is 1.72 bits per heavy atom. The fourth-order valence-corrected chi connectivity index (χ4v) is 5.45. The molecule has 0 spiro atoms. The summed E-state index contributed by atoms with van der Waals surface area (Å²) in [6, 6.07) is 23.3. The number of amides is 1. The van der Waals surface area contributed by atoms with Gasteiger partial charge in [-0.1, -0.05) is 71.9 Å². The molecule has 1 unspecified atom stereocenters. The normalized spacial score (nSPS) is 12.2. The van der Waals surface area contributed by atoms with E-state index in [-0.39, 0.29) is 11.5 Å². The third-order valence-electron chi connectivity index (χ3n) is 6.26. The summed E-state index contributed by atoms with van der Waals surface area (Å²) in [6.07, 6.45) is 0. The Kier molecular flexibility index (Phi) is 6.36. The van der Waals surface area contributed by atoms with Gasteiger partial charge in [-0.25, -0.2) is 4.57 Å². The standard InChI is InChI=1S/C28H27N5O2S/c1-18-14-15-23(19(2)16-18)32-26(35)22-12-8-9-13-24(22)33-27(32)29-30-28(33)36-20(3)25(34)31(4)17-21-10-6-5-7-11-21/h5-16,20H,17H2,1-4H3. The number of carbonyl (C=O) groups is 1. The lowest BCUT2D eigenvalue weighted by Crippen LogP contribution is -2.32. The molecule has 3 aromatic carbocycles. The lowest BCUT2D eigenvalue weighted by atomic mass is 10.1. The van der Waals surface area contributed by atoms with E-state index < -0.39 is 5.25 Å². The van der Waals surface area contributed by atoms with E-state index in [1.165, 1.54) is 11.8 Å². The first kappa shape index (κ1) is 23.8. The summed E-state index contributed by atoms with van der Waals surface area (Å²) in [5.41, 5.74) is 4.48. The summed E-state index contributed by atoms with van der Waals surface area (Å²) in [5.74, 6) is 0.415. The molecule has 5 aromatic rings. The molecule has 0 saturated heterocycles. The van der Waals surface area contributed by atoms with Gasteiger partial charge in [-0.3, -0.25) is 14.0 Å². The highest BCUT2D eigenvalue weighted by atomic mass is 32.2. The van der Waals surface area contributed by atoms with Gasteiger partial charge in [0.15, 0.2) is 5.16 Å². The fraction of sp³-hybridized carbons (Fsp3) is 0.214. The molecular weight excluding hydrogens is 470 g/mol. The van der Waals surface area contributed by atoms with Crippen LogP contribution in [0.3, 0.4) is 0 Å². The minimum Gasteiger partial charge on any atom is -0.340 e. The summed E-state index contributed by atoms with van der Waals surface area (Å²) < 4.78 is 3.49. The zero-order chi connectivity index (χ0) is 25.4. The second kappa shape index (κ2) is 9.62. The first-order valence-electron chi connectivity index (χ1n) is 11.8. The number of hydrogen-bond acceptors (Lipinski definition) is 5. The van der Waals surface area contributed by atoms with Crippen molar-refractivity contribution >= 4 is 34.3 Å². The molecule has 0 aliphatic heterocycles. The Labute approximate surface area is 213 Å². The first-order chi connectivity index (χ1) is 17.3. The summed E-state index contributed by atoms with van der Waals surface area (Å²) in [7, 11) is 1.81. The first-order valence-corrected chi connectivity index (χ1v) is 12.6. The Morgan fingerprint density at radius 3 is 2.47 bits per heavy atom. The number of hydrogen-bond donors (Lipinski definition) is 0. The van der Waals surface area contributed by atoms with E-state index in [4.69, 9.17) is 0 Å². The van der Waals surface area contributed by atoms with E-state index in [9.17, 15) is 9.59 Å². The maximum Gasteiger partial charge on any atom is 0.267 e. The third-order valence-corrected chi connectivity index (χ3v) is 7.29. The van der Waals surface area contributed by atoms with Crippen LogP contribution in [0.15, 0.2) is 82.7 Å². The predicted molar refractivity (Wildman–Crippen MR) is 144 cm³/mol. The van der Waals surface area contributed by atoms with Crippen LogP contribution in [0.1, 0.15) is 23.6 Å². The Bertz CT molecular complexity index is 1640. The van der Waals surface area contributed by atoms with E-state index >= 15 is 0 Å². The Morgan fingerprint density at radius 1 is 1.00 bits per heavy atom. The average Bonchev–Trinajstić information content (AvgIpc) is 3.28. The van der Waals surface area contributed by atoms with Crippen LogP contribution in [0.25, 0.3) is 22.4 Å².